The molecule has 2 amide bonds. The fourth-order valence-electron chi connectivity index (χ4n) is 2.97. The number of hydrogen-bond acceptors (Lipinski definition) is 3. The smallest absolute Gasteiger partial charge is 0.242 e. The Morgan fingerprint density at radius 3 is 2.33 bits per heavy atom. The highest BCUT2D eigenvalue weighted by Crippen LogP contribution is 2.19. The van der Waals surface area contributed by atoms with Gasteiger partial charge in [0.15, 0.2) is 0 Å². The van der Waals surface area contributed by atoms with Crippen molar-refractivity contribution in [3.05, 3.63) is 71.0 Å². The number of nitrogens with zero attached hydrogens (tertiary/aromatic N) is 1. The van der Waals surface area contributed by atoms with Crippen molar-refractivity contribution in [1.82, 2.24) is 10.2 Å². The Balaban J connectivity index is 2.10. The molecule has 162 valence electrons. The quantitative estimate of drug-likeness (QED) is 0.594. The molecule has 2 rings (SSSR count). The van der Waals surface area contributed by atoms with E-state index in [0.29, 0.717) is 17.9 Å². The first kappa shape index (κ1) is 23.9. The third-order valence-electron chi connectivity index (χ3n) is 5.21. The van der Waals surface area contributed by atoms with Crippen LogP contribution >= 0.6 is 11.8 Å². The van der Waals surface area contributed by atoms with E-state index in [1.54, 1.807) is 30.0 Å². The van der Waals surface area contributed by atoms with Gasteiger partial charge in [0.25, 0.3) is 0 Å². The van der Waals surface area contributed by atoms with Gasteiger partial charge in [0.1, 0.15) is 11.9 Å². The summed E-state index contributed by atoms with van der Waals surface area (Å²) in [5, 5.41) is 2.97. The molecule has 0 aliphatic rings. The van der Waals surface area contributed by atoms with Crippen LogP contribution in [0.4, 0.5) is 4.39 Å². The zero-order valence-electron chi connectivity index (χ0n) is 18.2. The maximum Gasteiger partial charge on any atom is 0.242 e. The molecule has 0 saturated heterocycles. The maximum absolute atomic E-state index is 13.8. The minimum atomic E-state index is -0.597. The first-order valence-electron chi connectivity index (χ1n) is 10.3. The fourth-order valence-corrected chi connectivity index (χ4v) is 3.86. The molecule has 0 heterocycles. The number of rotatable bonds is 10. The first-order chi connectivity index (χ1) is 14.3. The topological polar surface area (TPSA) is 49.4 Å². The lowest BCUT2D eigenvalue weighted by Gasteiger charge is -2.30. The van der Waals surface area contributed by atoms with Crippen LogP contribution in [0.15, 0.2) is 48.5 Å². The zero-order valence-corrected chi connectivity index (χ0v) is 19.0. The number of thioether (sulfide) groups is 1. The molecule has 0 unspecified atom stereocenters. The van der Waals surface area contributed by atoms with E-state index in [0.717, 1.165) is 17.5 Å². The van der Waals surface area contributed by atoms with E-state index in [-0.39, 0.29) is 29.4 Å². The van der Waals surface area contributed by atoms with E-state index in [2.05, 4.69) is 5.32 Å². The molecule has 0 spiro atoms. The SMILES string of the molecule is CC[C@H](C)NC(=O)[C@H](C)N(Cc1ccccc1C)C(=O)CSCc1ccccc1F. The zero-order chi connectivity index (χ0) is 22.1. The lowest BCUT2D eigenvalue weighted by Crippen LogP contribution is -2.50. The lowest BCUT2D eigenvalue weighted by atomic mass is 10.1. The van der Waals surface area contributed by atoms with Crippen LogP contribution in [-0.2, 0) is 21.9 Å². The van der Waals surface area contributed by atoms with Gasteiger partial charge in [0.2, 0.25) is 11.8 Å². The van der Waals surface area contributed by atoms with Crippen molar-refractivity contribution >= 4 is 23.6 Å². The van der Waals surface area contributed by atoms with Crippen LogP contribution in [-0.4, -0.2) is 34.6 Å². The van der Waals surface area contributed by atoms with Gasteiger partial charge < -0.3 is 10.2 Å². The molecule has 0 aromatic heterocycles. The number of amides is 2. The fraction of sp³-hybridized carbons (Fsp3) is 0.417. The van der Waals surface area contributed by atoms with E-state index in [4.69, 9.17) is 0 Å². The summed E-state index contributed by atoms with van der Waals surface area (Å²) in [7, 11) is 0. The van der Waals surface area contributed by atoms with E-state index in [1.165, 1.54) is 17.8 Å². The molecule has 1 N–H and O–H groups in total. The van der Waals surface area contributed by atoms with E-state index >= 15 is 0 Å². The summed E-state index contributed by atoms with van der Waals surface area (Å²) in [5.74, 6) is 0.0258. The van der Waals surface area contributed by atoms with Gasteiger partial charge in [-0.05, 0) is 49.9 Å². The molecule has 2 aromatic carbocycles. The minimum absolute atomic E-state index is 0.0470. The normalized spacial score (nSPS) is 12.8. The highest BCUT2D eigenvalue weighted by atomic mass is 32.2. The van der Waals surface area contributed by atoms with Crippen LogP contribution in [0.1, 0.15) is 43.9 Å². The highest BCUT2D eigenvalue weighted by Gasteiger charge is 2.27. The molecular weight excluding hydrogens is 399 g/mol. The van der Waals surface area contributed by atoms with Crippen molar-refractivity contribution in [2.75, 3.05) is 5.75 Å². The average molecular weight is 431 g/mol. The van der Waals surface area contributed by atoms with Crippen molar-refractivity contribution in [3.8, 4) is 0 Å². The average Bonchev–Trinajstić information content (AvgIpc) is 2.73. The second-order valence-electron chi connectivity index (χ2n) is 7.53. The number of benzene rings is 2. The summed E-state index contributed by atoms with van der Waals surface area (Å²) in [6.07, 6.45) is 0.822. The van der Waals surface area contributed by atoms with Crippen LogP contribution in [0.25, 0.3) is 0 Å². The number of aryl methyl sites for hydroxylation is 1. The summed E-state index contributed by atoms with van der Waals surface area (Å²) >= 11 is 1.36. The van der Waals surface area contributed by atoms with Gasteiger partial charge in [0.05, 0.1) is 5.75 Å². The van der Waals surface area contributed by atoms with Crippen molar-refractivity contribution < 1.29 is 14.0 Å². The maximum atomic E-state index is 13.8. The van der Waals surface area contributed by atoms with Gasteiger partial charge in [-0.15, -0.1) is 11.8 Å². The number of halogens is 1. The molecular formula is C24H31FN2O2S. The van der Waals surface area contributed by atoms with Crippen molar-refractivity contribution in [2.45, 2.75) is 58.5 Å². The third-order valence-corrected chi connectivity index (χ3v) is 6.18. The molecule has 0 fully saturated rings. The largest absolute Gasteiger partial charge is 0.352 e. The van der Waals surface area contributed by atoms with Crippen LogP contribution in [0.5, 0.6) is 0 Å². The summed E-state index contributed by atoms with van der Waals surface area (Å²) < 4.78 is 13.8. The minimum Gasteiger partial charge on any atom is -0.352 e. The van der Waals surface area contributed by atoms with Gasteiger partial charge in [-0.25, -0.2) is 4.39 Å². The molecule has 2 aromatic rings. The standard InChI is InChI=1S/C24H31FN2O2S/c1-5-18(3)26-24(29)19(4)27(14-20-11-7-6-10-17(20)2)23(28)16-30-15-21-12-8-9-13-22(21)25/h6-13,18-19H,5,14-16H2,1-4H3,(H,26,29)/t18-,19-/m0/s1. The van der Waals surface area contributed by atoms with Crippen LogP contribution in [0.2, 0.25) is 0 Å². The highest BCUT2D eigenvalue weighted by molar-refractivity contribution is 7.99. The van der Waals surface area contributed by atoms with E-state index < -0.39 is 6.04 Å². The third kappa shape index (κ3) is 6.87. The molecule has 0 radical (unpaired) electrons. The van der Waals surface area contributed by atoms with E-state index in [9.17, 15) is 14.0 Å². The Hall–Kier alpha value is -2.34. The lowest BCUT2D eigenvalue weighted by molar-refractivity contribution is -0.138. The van der Waals surface area contributed by atoms with Gasteiger partial charge in [-0.1, -0.05) is 49.4 Å². The molecule has 2 atom stereocenters. The van der Waals surface area contributed by atoms with Crippen LogP contribution in [0, 0.1) is 12.7 Å². The second kappa shape index (κ2) is 11.7. The number of carbonyl (C=O) groups is 2. The summed E-state index contributed by atoms with van der Waals surface area (Å²) in [6.45, 7) is 8.07. The number of nitrogens with one attached hydrogen (secondary N) is 1. The molecule has 0 aliphatic heterocycles. The molecule has 0 aliphatic carbocycles. The predicted octanol–water partition coefficient (Wildman–Crippen LogP) is 4.70. The van der Waals surface area contributed by atoms with Gasteiger partial charge in [-0.3, -0.25) is 9.59 Å². The molecule has 6 heteroatoms. The summed E-state index contributed by atoms with van der Waals surface area (Å²) in [4.78, 5) is 27.4. The van der Waals surface area contributed by atoms with Gasteiger partial charge >= 0.3 is 0 Å². The molecule has 0 saturated carbocycles. The van der Waals surface area contributed by atoms with Crippen molar-refractivity contribution in [2.24, 2.45) is 0 Å². The number of carbonyl (C=O) groups excluding carboxylic acids is 2. The Kier molecular flexibility index (Phi) is 9.37. The second-order valence-corrected chi connectivity index (χ2v) is 8.51. The predicted molar refractivity (Wildman–Crippen MR) is 122 cm³/mol. The van der Waals surface area contributed by atoms with Crippen molar-refractivity contribution in [1.29, 1.82) is 0 Å². The Bertz CT molecular complexity index is 859. The Labute approximate surface area is 183 Å². The number of hydrogen-bond donors (Lipinski definition) is 1. The molecule has 4 nitrogen and oxygen atoms in total. The summed E-state index contributed by atoms with van der Waals surface area (Å²) in [5.41, 5.74) is 2.65. The van der Waals surface area contributed by atoms with Crippen molar-refractivity contribution in [3.63, 3.8) is 0 Å². The van der Waals surface area contributed by atoms with Gasteiger partial charge in [-0.2, -0.15) is 0 Å². The Morgan fingerprint density at radius 2 is 1.70 bits per heavy atom. The van der Waals surface area contributed by atoms with Crippen LogP contribution < -0.4 is 5.32 Å². The van der Waals surface area contributed by atoms with E-state index in [1.807, 2.05) is 45.0 Å². The first-order valence-corrected chi connectivity index (χ1v) is 11.4. The van der Waals surface area contributed by atoms with Crippen LogP contribution in [0.3, 0.4) is 0 Å². The molecule has 30 heavy (non-hydrogen) atoms. The Morgan fingerprint density at radius 1 is 1.07 bits per heavy atom. The monoisotopic (exact) mass is 430 g/mol. The summed E-state index contributed by atoms with van der Waals surface area (Å²) in [6, 6.07) is 13.9. The van der Waals surface area contributed by atoms with Gasteiger partial charge in [0, 0.05) is 18.3 Å². The molecule has 0 bridgehead atoms.